The number of halogens is 1. The second-order valence-corrected chi connectivity index (χ2v) is 6.25. The van der Waals surface area contributed by atoms with E-state index in [0.717, 1.165) is 17.9 Å². The molecule has 2 aromatic rings. The number of aryl methyl sites for hydroxylation is 1. The van der Waals surface area contributed by atoms with Gasteiger partial charge in [-0.05, 0) is 55.5 Å². The molecule has 104 valence electrons. The van der Waals surface area contributed by atoms with Crippen molar-refractivity contribution in [3.8, 4) is 0 Å². The molecule has 1 aliphatic carbocycles. The normalized spacial score (nSPS) is 18.9. The van der Waals surface area contributed by atoms with E-state index in [4.69, 9.17) is 11.6 Å². The van der Waals surface area contributed by atoms with E-state index in [1.165, 1.54) is 22.3 Å². The average Bonchev–Trinajstić information content (AvgIpc) is 2.80. The standard InChI is InChI=1S/C18H20ClN/c1-12-3-5-14(6-4-12)13(2)20-18-10-15-7-8-17(19)9-16(15)11-18/h3-9,13,18,20H,10-11H2,1-2H3. The van der Waals surface area contributed by atoms with E-state index in [1.807, 2.05) is 6.07 Å². The van der Waals surface area contributed by atoms with E-state index >= 15 is 0 Å². The molecule has 0 saturated heterocycles. The molecule has 3 rings (SSSR count). The van der Waals surface area contributed by atoms with Crippen LogP contribution in [0.2, 0.25) is 5.02 Å². The first kappa shape index (κ1) is 13.7. The summed E-state index contributed by atoms with van der Waals surface area (Å²) in [6, 6.07) is 15.9. The van der Waals surface area contributed by atoms with E-state index in [-0.39, 0.29) is 0 Å². The quantitative estimate of drug-likeness (QED) is 0.877. The van der Waals surface area contributed by atoms with Crippen molar-refractivity contribution in [3.63, 3.8) is 0 Å². The van der Waals surface area contributed by atoms with Gasteiger partial charge >= 0.3 is 0 Å². The maximum atomic E-state index is 6.07. The number of fused-ring (bicyclic) bond motifs is 1. The molecule has 1 N–H and O–H groups in total. The van der Waals surface area contributed by atoms with Crippen LogP contribution < -0.4 is 5.32 Å². The third kappa shape index (κ3) is 2.89. The Kier molecular flexibility index (Phi) is 3.82. The zero-order valence-corrected chi connectivity index (χ0v) is 12.7. The first-order valence-electron chi connectivity index (χ1n) is 7.22. The Balaban J connectivity index is 1.67. The fraction of sp³-hybridized carbons (Fsp3) is 0.333. The summed E-state index contributed by atoms with van der Waals surface area (Å²) in [5.41, 5.74) is 5.49. The molecule has 0 fully saturated rings. The molecule has 2 heteroatoms. The predicted molar refractivity (Wildman–Crippen MR) is 85.4 cm³/mol. The molecule has 0 aliphatic heterocycles. The lowest BCUT2D eigenvalue weighted by atomic mass is 10.0. The van der Waals surface area contributed by atoms with Crippen molar-refractivity contribution in [2.24, 2.45) is 0 Å². The molecule has 20 heavy (non-hydrogen) atoms. The Morgan fingerprint density at radius 3 is 2.50 bits per heavy atom. The van der Waals surface area contributed by atoms with E-state index in [0.29, 0.717) is 12.1 Å². The van der Waals surface area contributed by atoms with Crippen LogP contribution in [0.5, 0.6) is 0 Å². The van der Waals surface area contributed by atoms with Gasteiger partial charge in [0.15, 0.2) is 0 Å². The van der Waals surface area contributed by atoms with E-state index < -0.39 is 0 Å². The molecule has 0 aromatic heterocycles. The summed E-state index contributed by atoms with van der Waals surface area (Å²) < 4.78 is 0. The summed E-state index contributed by atoms with van der Waals surface area (Å²) >= 11 is 6.07. The lowest BCUT2D eigenvalue weighted by Gasteiger charge is -2.19. The van der Waals surface area contributed by atoms with Crippen LogP contribution >= 0.6 is 11.6 Å². The minimum Gasteiger partial charge on any atom is -0.307 e. The smallest absolute Gasteiger partial charge is 0.0408 e. The molecule has 0 radical (unpaired) electrons. The van der Waals surface area contributed by atoms with Gasteiger partial charge in [-0.3, -0.25) is 0 Å². The summed E-state index contributed by atoms with van der Waals surface area (Å²) in [7, 11) is 0. The Labute approximate surface area is 126 Å². The second-order valence-electron chi connectivity index (χ2n) is 5.82. The van der Waals surface area contributed by atoms with Crippen LogP contribution in [-0.4, -0.2) is 6.04 Å². The summed E-state index contributed by atoms with van der Waals surface area (Å²) in [6.07, 6.45) is 2.18. The Bertz CT molecular complexity index is 603. The molecule has 1 aliphatic rings. The maximum Gasteiger partial charge on any atom is 0.0408 e. The molecule has 2 aromatic carbocycles. The van der Waals surface area contributed by atoms with Gasteiger partial charge in [0, 0.05) is 17.1 Å². The van der Waals surface area contributed by atoms with Crippen molar-refractivity contribution < 1.29 is 0 Å². The number of hydrogen-bond donors (Lipinski definition) is 1. The number of hydrogen-bond acceptors (Lipinski definition) is 1. The summed E-state index contributed by atoms with van der Waals surface area (Å²) in [4.78, 5) is 0. The van der Waals surface area contributed by atoms with Crippen LogP contribution in [0.3, 0.4) is 0 Å². The average molecular weight is 286 g/mol. The summed E-state index contributed by atoms with van der Waals surface area (Å²) in [5.74, 6) is 0. The van der Waals surface area contributed by atoms with Crippen molar-refractivity contribution in [2.45, 2.75) is 38.8 Å². The van der Waals surface area contributed by atoms with E-state index in [1.54, 1.807) is 0 Å². The molecule has 0 bridgehead atoms. The maximum absolute atomic E-state index is 6.07. The van der Waals surface area contributed by atoms with Gasteiger partial charge in [-0.2, -0.15) is 0 Å². The predicted octanol–water partition coefficient (Wildman–Crippen LogP) is 4.47. The third-order valence-corrected chi connectivity index (χ3v) is 4.40. The van der Waals surface area contributed by atoms with Crippen molar-refractivity contribution in [1.29, 1.82) is 0 Å². The first-order chi connectivity index (χ1) is 9.61. The van der Waals surface area contributed by atoms with Gasteiger partial charge in [0.2, 0.25) is 0 Å². The van der Waals surface area contributed by atoms with Gasteiger partial charge in [0.1, 0.15) is 0 Å². The minimum absolute atomic E-state index is 0.380. The zero-order chi connectivity index (χ0) is 14.1. The Morgan fingerprint density at radius 2 is 1.75 bits per heavy atom. The molecule has 2 atom stereocenters. The molecule has 2 unspecified atom stereocenters. The van der Waals surface area contributed by atoms with Gasteiger partial charge in [0.05, 0.1) is 0 Å². The van der Waals surface area contributed by atoms with Crippen molar-refractivity contribution in [2.75, 3.05) is 0 Å². The largest absolute Gasteiger partial charge is 0.307 e. The fourth-order valence-electron chi connectivity index (χ4n) is 3.01. The first-order valence-corrected chi connectivity index (χ1v) is 7.59. The Hall–Kier alpha value is -1.31. The highest BCUT2D eigenvalue weighted by atomic mass is 35.5. The molecule has 0 spiro atoms. The second kappa shape index (κ2) is 5.59. The van der Waals surface area contributed by atoms with Gasteiger partial charge in [-0.15, -0.1) is 0 Å². The van der Waals surface area contributed by atoms with Crippen LogP contribution in [-0.2, 0) is 12.8 Å². The minimum atomic E-state index is 0.380. The van der Waals surface area contributed by atoms with Crippen molar-refractivity contribution in [1.82, 2.24) is 5.32 Å². The number of benzene rings is 2. The van der Waals surface area contributed by atoms with Crippen LogP contribution in [0.25, 0.3) is 0 Å². The highest BCUT2D eigenvalue weighted by Crippen LogP contribution is 2.27. The lowest BCUT2D eigenvalue weighted by Crippen LogP contribution is -2.32. The van der Waals surface area contributed by atoms with Gasteiger partial charge in [0.25, 0.3) is 0 Å². The molecular formula is C18H20ClN. The van der Waals surface area contributed by atoms with Crippen LogP contribution in [0.1, 0.15) is 35.2 Å². The molecule has 1 nitrogen and oxygen atoms in total. The summed E-state index contributed by atoms with van der Waals surface area (Å²) in [5, 5.41) is 4.58. The third-order valence-electron chi connectivity index (χ3n) is 4.16. The van der Waals surface area contributed by atoms with E-state index in [2.05, 4.69) is 55.6 Å². The molecular weight excluding hydrogens is 266 g/mol. The monoisotopic (exact) mass is 285 g/mol. The van der Waals surface area contributed by atoms with Gasteiger partial charge in [-0.1, -0.05) is 47.5 Å². The number of rotatable bonds is 3. The Morgan fingerprint density at radius 1 is 1.05 bits per heavy atom. The van der Waals surface area contributed by atoms with Crippen LogP contribution in [0.15, 0.2) is 42.5 Å². The summed E-state index contributed by atoms with van der Waals surface area (Å²) in [6.45, 7) is 4.36. The van der Waals surface area contributed by atoms with Crippen molar-refractivity contribution >= 4 is 11.6 Å². The highest BCUT2D eigenvalue weighted by Gasteiger charge is 2.22. The molecule has 0 amide bonds. The van der Waals surface area contributed by atoms with Gasteiger partial charge < -0.3 is 5.32 Å². The van der Waals surface area contributed by atoms with Gasteiger partial charge in [-0.25, -0.2) is 0 Å². The topological polar surface area (TPSA) is 12.0 Å². The molecule has 0 heterocycles. The van der Waals surface area contributed by atoms with Crippen molar-refractivity contribution in [3.05, 3.63) is 69.7 Å². The van der Waals surface area contributed by atoms with Crippen LogP contribution in [0, 0.1) is 6.92 Å². The fourth-order valence-corrected chi connectivity index (χ4v) is 3.20. The molecule has 0 saturated carbocycles. The highest BCUT2D eigenvalue weighted by molar-refractivity contribution is 6.30. The van der Waals surface area contributed by atoms with Crippen LogP contribution in [0.4, 0.5) is 0 Å². The van der Waals surface area contributed by atoms with E-state index in [9.17, 15) is 0 Å². The number of nitrogens with one attached hydrogen (secondary N) is 1. The lowest BCUT2D eigenvalue weighted by molar-refractivity contribution is 0.467. The SMILES string of the molecule is Cc1ccc(C(C)NC2Cc3ccc(Cl)cc3C2)cc1. The zero-order valence-electron chi connectivity index (χ0n) is 12.0.